The highest BCUT2D eigenvalue weighted by Gasteiger charge is 2.19. The van der Waals surface area contributed by atoms with E-state index < -0.39 is 0 Å². The highest BCUT2D eigenvalue weighted by atomic mass is 16.1. The van der Waals surface area contributed by atoms with Gasteiger partial charge in [-0.1, -0.05) is 39.8 Å². The average molecular weight is 254 g/mol. The van der Waals surface area contributed by atoms with Crippen molar-refractivity contribution in [3.63, 3.8) is 0 Å². The SMILES string of the molecule is CC(C)C(C/C=C/CC(C(N)=O)C(C)C)C(N)=O. The number of nitrogens with two attached hydrogens (primary N) is 2. The molecule has 4 N–H and O–H groups in total. The third-order valence-corrected chi connectivity index (χ3v) is 3.29. The first-order valence-electron chi connectivity index (χ1n) is 6.51. The van der Waals surface area contributed by atoms with Gasteiger partial charge in [0.05, 0.1) is 0 Å². The number of amides is 2. The summed E-state index contributed by atoms with van der Waals surface area (Å²) < 4.78 is 0. The number of allylic oxidation sites excluding steroid dienone is 2. The van der Waals surface area contributed by atoms with Crippen LogP contribution in [-0.4, -0.2) is 11.8 Å². The number of hydrogen-bond donors (Lipinski definition) is 2. The number of carbonyl (C=O) groups is 2. The molecule has 0 spiro atoms. The van der Waals surface area contributed by atoms with Crippen molar-refractivity contribution in [1.82, 2.24) is 0 Å². The van der Waals surface area contributed by atoms with Crippen LogP contribution in [0.4, 0.5) is 0 Å². The van der Waals surface area contributed by atoms with Gasteiger partial charge in [0.25, 0.3) is 0 Å². The van der Waals surface area contributed by atoms with Crippen molar-refractivity contribution in [1.29, 1.82) is 0 Å². The zero-order valence-electron chi connectivity index (χ0n) is 11.8. The van der Waals surface area contributed by atoms with Crippen LogP contribution in [0.15, 0.2) is 12.2 Å². The molecule has 0 heterocycles. The first kappa shape index (κ1) is 16.7. The maximum atomic E-state index is 11.2. The average Bonchev–Trinajstić information content (AvgIpc) is 2.20. The van der Waals surface area contributed by atoms with E-state index in [-0.39, 0.29) is 35.5 Å². The third kappa shape index (κ3) is 5.84. The van der Waals surface area contributed by atoms with Gasteiger partial charge in [0.1, 0.15) is 0 Å². The molecule has 4 heteroatoms. The third-order valence-electron chi connectivity index (χ3n) is 3.29. The van der Waals surface area contributed by atoms with Gasteiger partial charge in [-0.05, 0) is 24.7 Å². The molecule has 0 rings (SSSR count). The summed E-state index contributed by atoms with van der Waals surface area (Å²) in [6.07, 6.45) is 5.09. The predicted octanol–water partition coefficient (Wildman–Crippen LogP) is 1.84. The second-order valence-electron chi connectivity index (χ2n) is 5.45. The molecule has 0 aromatic heterocycles. The zero-order valence-corrected chi connectivity index (χ0v) is 11.8. The maximum Gasteiger partial charge on any atom is 0.221 e. The summed E-state index contributed by atoms with van der Waals surface area (Å²) in [7, 11) is 0. The molecule has 0 saturated carbocycles. The number of primary amides is 2. The van der Waals surface area contributed by atoms with E-state index in [4.69, 9.17) is 11.5 Å². The summed E-state index contributed by atoms with van der Waals surface area (Å²) in [6, 6.07) is 0. The molecule has 0 saturated heterocycles. The number of carbonyl (C=O) groups excluding carboxylic acids is 2. The van der Waals surface area contributed by atoms with Gasteiger partial charge >= 0.3 is 0 Å². The van der Waals surface area contributed by atoms with Gasteiger partial charge in [0.2, 0.25) is 11.8 Å². The van der Waals surface area contributed by atoms with Crippen molar-refractivity contribution in [3.8, 4) is 0 Å². The molecule has 4 nitrogen and oxygen atoms in total. The van der Waals surface area contributed by atoms with Gasteiger partial charge in [-0.2, -0.15) is 0 Å². The van der Waals surface area contributed by atoms with Crippen LogP contribution in [0.2, 0.25) is 0 Å². The van der Waals surface area contributed by atoms with E-state index in [0.29, 0.717) is 12.8 Å². The molecule has 2 amide bonds. The van der Waals surface area contributed by atoms with Crippen LogP contribution in [0.3, 0.4) is 0 Å². The lowest BCUT2D eigenvalue weighted by atomic mass is 9.89. The summed E-state index contributed by atoms with van der Waals surface area (Å²) in [5.74, 6) is -0.386. The van der Waals surface area contributed by atoms with Gasteiger partial charge in [-0.3, -0.25) is 9.59 Å². The van der Waals surface area contributed by atoms with Crippen molar-refractivity contribution in [2.75, 3.05) is 0 Å². The standard InChI is InChI=1S/C14H26N2O2/c1-9(2)11(13(15)17)7-5-6-8-12(10(3)4)14(16)18/h5-6,9-12H,7-8H2,1-4H3,(H2,15,17)(H2,16,18)/b6-5+. The van der Waals surface area contributed by atoms with Gasteiger partial charge in [0.15, 0.2) is 0 Å². The molecule has 0 aromatic rings. The van der Waals surface area contributed by atoms with E-state index in [2.05, 4.69) is 0 Å². The summed E-state index contributed by atoms with van der Waals surface area (Å²) in [6.45, 7) is 7.90. The Morgan fingerprint density at radius 1 is 0.833 bits per heavy atom. The monoisotopic (exact) mass is 254 g/mol. The largest absolute Gasteiger partial charge is 0.369 e. The van der Waals surface area contributed by atoms with Crippen molar-refractivity contribution in [2.45, 2.75) is 40.5 Å². The second-order valence-corrected chi connectivity index (χ2v) is 5.45. The molecule has 0 aliphatic carbocycles. The second kappa shape index (κ2) is 7.90. The Morgan fingerprint density at radius 3 is 1.28 bits per heavy atom. The van der Waals surface area contributed by atoms with Crippen LogP contribution in [0.25, 0.3) is 0 Å². The fraction of sp³-hybridized carbons (Fsp3) is 0.714. The fourth-order valence-electron chi connectivity index (χ4n) is 1.92. The van der Waals surface area contributed by atoms with E-state index in [9.17, 15) is 9.59 Å². The van der Waals surface area contributed by atoms with Crippen LogP contribution in [0, 0.1) is 23.7 Å². The normalized spacial score (nSPS) is 15.2. The van der Waals surface area contributed by atoms with Crippen LogP contribution in [-0.2, 0) is 9.59 Å². The lowest BCUT2D eigenvalue weighted by Crippen LogP contribution is -2.27. The molecule has 0 aromatic carbocycles. The summed E-state index contributed by atoms with van der Waals surface area (Å²) >= 11 is 0. The fourth-order valence-corrected chi connectivity index (χ4v) is 1.92. The van der Waals surface area contributed by atoms with Crippen LogP contribution >= 0.6 is 0 Å². The van der Waals surface area contributed by atoms with E-state index >= 15 is 0 Å². The van der Waals surface area contributed by atoms with Crippen molar-refractivity contribution in [2.24, 2.45) is 35.1 Å². The smallest absolute Gasteiger partial charge is 0.221 e. The highest BCUT2D eigenvalue weighted by molar-refractivity contribution is 5.77. The molecule has 0 radical (unpaired) electrons. The van der Waals surface area contributed by atoms with Crippen LogP contribution in [0.5, 0.6) is 0 Å². The number of hydrogen-bond acceptors (Lipinski definition) is 2. The van der Waals surface area contributed by atoms with E-state index in [0.717, 1.165) is 0 Å². The topological polar surface area (TPSA) is 86.2 Å². The molecule has 0 bridgehead atoms. The van der Waals surface area contributed by atoms with Gasteiger partial charge in [0, 0.05) is 11.8 Å². The van der Waals surface area contributed by atoms with Crippen LogP contribution < -0.4 is 11.5 Å². The minimum Gasteiger partial charge on any atom is -0.369 e. The van der Waals surface area contributed by atoms with Crippen LogP contribution in [0.1, 0.15) is 40.5 Å². The Morgan fingerprint density at radius 2 is 1.11 bits per heavy atom. The lowest BCUT2D eigenvalue weighted by Gasteiger charge is -2.16. The summed E-state index contributed by atoms with van der Waals surface area (Å²) in [4.78, 5) is 22.4. The highest BCUT2D eigenvalue weighted by Crippen LogP contribution is 2.18. The molecule has 2 unspecified atom stereocenters. The quantitative estimate of drug-likeness (QED) is 0.647. The molecule has 2 atom stereocenters. The minimum atomic E-state index is -0.273. The Hall–Kier alpha value is -1.32. The Balaban J connectivity index is 4.32. The molecule has 0 fully saturated rings. The van der Waals surface area contributed by atoms with Crippen molar-refractivity contribution in [3.05, 3.63) is 12.2 Å². The molecular formula is C14H26N2O2. The summed E-state index contributed by atoms with van der Waals surface area (Å²) in [5, 5.41) is 0. The van der Waals surface area contributed by atoms with Gasteiger partial charge in [-0.25, -0.2) is 0 Å². The van der Waals surface area contributed by atoms with E-state index in [1.165, 1.54) is 0 Å². The number of rotatable bonds is 8. The molecule has 0 aliphatic rings. The first-order chi connectivity index (χ1) is 8.27. The molecular weight excluding hydrogens is 228 g/mol. The van der Waals surface area contributed by atoms with Gasteiger partial charge < -0.3 is 11.5 Å². The molecule has 0 aliphatic heterocycles. The zero-order chi connectivity index (χ0) is 14.3. The minimum absolute atomic E-state index is 0.146. The first-order valence-corrected chi connectivity index (χ1v) is 6.51. The maximum absolute atomic E-state index is 11.2. The molecule has 104 valence electrons. The summed E-state index contributed by atoms with van der Waals surface area (Å²) in [5.41, 5.74) is 10.7. The predicted molar refractivity (Wildman–Crippen MR) is 73.4 cm³/mol. The molecule has 18 heavy (non-hydrogen) atoms. The van der Waals surface area contributed by atoms with Gasteiger partial charge in [-0.15, -0.1) is 0 Å². The van der Waals surface area contributed by atoms with E-state index in [1.54, 1.807) is 0 Å². The lowest BCUT2D eigenvalue weighted by molar-refractivity contribution is -0.123. The Labute approximate surface area is 110 Å². The Bertz CT molecular complexity index is 279. The van der Waals surface area contributed by atoms with E-state index in [1.807, 2.05) is 39.8 Å². The Kier molecular flexibility index (Phi) is 7.32. The van der Waals surface area contributed by atoms with Crippen molar-refractivity contribution < 1.29 is 9.59 Å². The van der Waals surface area contributed by atoms with Crippen molar-refractivity contribution >= 4 is 11.8 Å².